The molecule has 0 saturated carbocycles. The van der Waals surface area contributed by atoms with E-state index in [9.17, 15) is 0 Å². The molecule has 2 rings (SSSR count). The largest absolute Gasteiger partial charge is 0.356 e. The van der Waals surface area contributed by atoms with Crippen LogP contribution in [0.1, 0.15) is 32.4 Å². The first-order chi connectivity index (χ1) is 11.2. The van der Waals surface area contributed by atoms with E-state index in [0.29, 0.717) is 12.0 Å². The first-order valence-corrected chi connectivity index (χ1v) is 8.79. The van der Waals surface area contributed by atoms with Crippen LogP contribution >= 0.6 is 0 Å². The van der Waals surface area contributed by atoms with Gasteiger partial charge in [0, 0.05) is 44.5 Å². The predicted octanol–water partition coefficient (Wildman–Crippen LogP) is 1.91. The van der Waals surface area contributed by atoms with Crippen LogP contribution in [0.15, 0.2) is 29.4 Å². The number of hydrogen-bond donors (Lipinski definition) is 2. The van der Waals surface area contributed by atoms with Crippen molar-refractivity contribution >= 4 is 5.96 Å². The van der Waals surface area contributed by atoms with Crippen LogP contribution in [0.25, 0.3) is 0 Å². The number of nitrogens with one attached hydrogen (secondary N) is 2. The van der Waals surface area contributed by atoms with Crippen LogP contribution in [-0.2, 0) is 6.42 Å². The van der Waals surface area contributed by atoms with E-state index in [1.165, 1.54) is 25.9 Å². The van der Waals surface area contributed by atoms with Crippen LogP contribution in [0.2, 0.25) is 0 Å². The molecule has 2 heterocycles. The van der Waals surface area contributed by atoms with Gasteiger partial charge in [0.15, 0.2) is 5.96 Å². The van der Waals surface area contributed by atoms with Crippen molar-refractivity contribution in [1.29, 1.82) is 0 Å². The quantitative estimate of drug-likeness (QED) is 0.596. The van der Waals surface area contributed by atoms with Crippen LogP contribution in [0.4, 0.5) is 0 Å². The molecule has 0 bridgehead atoms. The zero-order chi connectivity index (χ0) is 16.5. The third-order valence-corrected chi connectivity index (χ3v) is 4.48. The molecule has 0 aliphatic carbocycles. The minimum atomic E-state index is 0.576. The van der Waals surface area contributed by atoms with Crippen LogP contribution in [0, 0.1) is 5.92 Å². The van der Waals surface area contributed by atoms with E-state index in [2.05, 4.69) is 45.4 Å². The summed E-state index contributed by atoms with van der Waals surface area (Å²) < 4.78 is 0. The van der Waals surface area contributed by atoms with E-state index in [1.807, 2.05) is 25.4 Å². The summed E-state index contributed by atoms with van der Waals surface area (Å²) in [7, 11) is 1.83. The molecule has 128 valence electrons. The van der Waals surface area contributed by atoms with Crippen molar-refractivity contribution in [3.05, 3.63) is 30.1 Å². The first-order valence-electron chi connectivity index (χ1n) is 8.79. The van der Waals surface area contributed by atoms with Gasteiger partial charge in [-0.25, -0.2) is 0 Å². The van der Waals surface area contributed by atoms with Crippen molar-refractivity contribution in [2.75, 3.05) is 33.2 Å². The summed E-state index contributed by atoms with van der Waals surface area (Å²) in [4.78, 5) is 11.3. The molecule has 5 nitrogen and oxygen atoms in total. The summed E-state index contributed by atoms with van der Waals surface area (Å²) in [6.45, 7) is 8.87. The van der Waals surface area contributed by atoms with E-state index in [-0.39, 0.29) is 0 Å². The van der Waals surface area contributed by atoms with Gasteiger partial charge in [0.05, 0.1) is 0 Å². The molecule has 1 saturated heterocycles. The van der Waals surface area contributed by atoms with Crippen molar-refractivity contribution in [3.8, 4) is 0 Å². The maximum Gasteiger partial charge on any atom is 0.191 e. The van der Waals surface area contributed by atoms with E-state index in [0.717, 1.165) is 31.2 Å². The zero-order valence-corrected chi connectivity index (χ0v) is 14.8. The van der Waals surface area contributed by atoms with Gasteiger partial charge in [-0.1, -0.05) is 19.9 Å². The van der Waals surface area contributed by atoms with Crippen LogP contribution < -0.4 is 10.6 Å². The molecule has 1 aliphatic heterocycles. The van der Waals surface area contributed by atoms with Gasteiger partial charge in [0.2, 0.25) is 0 Å². The lowest BCUT2D eigenvalue weighted by Gasteiger charge is -2.31. The second kappa shape index (κ2) is 9.50. The summed E-state index contributed by atoms with van der Waals surface area (Å²) >= 11 is 0. The molecule has 1 fully saturated rings. The van der Waals surface area contributed by atoms with E-state index in [1.54, 1.807) is 0 Å². The number of aromatic nitrogens is 1. The number of likely N-dealkylation sites (tertiary alicyclic amines) is 1. The maximum atomic E-state index is 4.34. The lowest BCUT2D eigenvalue weighted by atomic mass is 10.0. The molecule has 1 aromatic rings. The molecule has 1 unspecified atom stereocenters. The van der Waals surface area contributed by atoms with Crippen molar-refractivity contribution in [1.82, 2.24) is 20.5 Å². The van der Waals surface area contributed by atoms with Gasteiger partial charge in [0.25, 0.3) is 0 Å². The average molecular weight is 317 g/mol. The van der Waals surface area contributed by atoms with E-state index in [4.69, 9.17) is 0 Å². The molecule has 1 aromatic heterocycles. The Morgan fingerprint density at radius 2 is 2.04 bits per heavy atom. The van der Waals surface area contributed by atoms with Crippen LogP contribution in [-0.4, -0.2) is 55.1 Å². The number of guanidine groups is 1. The average Bonchev–Trinajstić information content (AvgIpc) is 3.08. The van der Waals surface area contributed by atoms with Crippen LogP contribution in [0.3, 0.4) is 0 Å². The molecule has 0 amide bonds. The SMILES string of the molecule is CN=C(NCCc1ccccn1)NCC(C(C)C)N1CCCC1. The minimum Gasteiger partial charge on any atom is -0.356 e. The number of hydrogen-bond acceptors (Lipinski definition) is 3. The lowest BCUT2D eigenvalue weighted by molar-refractivity contribution is 0.192. The summed E-state index contributed by atoms with van der Waals surface area (Å²) in [5.41, 5.74) is 1.10. The molecule has 1 atom stereocenters. The highest BCUT2D eigenvalue weighted by molar-refractivity contribution is 5.79. The van der Waals surface area contributed by atoms with Gasteiger partial charge < -0.3 is 10.6 Å². The third-order valence-electron chi connectivity index (χ3n) is 4.48. The highest BCUT2D eigenvalue weighted by atomic mass is 15.2. The molecule has 0 aromatic carbocycles. The Hall–Kier alpha value is -1.62. The Morgan fingerprint density at radius 1 is 1.26 bits per heavy atom. The molecular weight excluding hydrogens is 286 g/mol. The van der Waals surface area contributed by atoms with Gasteiger partial charge >= 0.3 is 0 Å². The number of nitrogens with zero attached hydrogens (tertiary/aromatic N) is 3. The standard InChI is InChI=1S/C18H31N5/c1-15(2)17(23-12-6-7-13-23)14-22-18(19-3)21-11-9-16-8-4-5-10-20-16/h4-5,8,10,15,17H,6-7,9,11-14H2,1-3H3,(H2,19,21,22). The molecule has 5 heteroatoms. The Labute approximate surface area is 140 Å². The molecular formula is C18H31N5. The van der Waals surface area contributed by atoms with E-state index >= 15 is 0 Å². The number of pyridine rings is 1. The van der Waals surface area contributed by atoms with Gasteiger partial charge in [-0.3, -0.25) is 14.9 Å². The fourth-order valence-corrected chi connectivity index (χ4v) is 3.14. The second-order valence-corrected chi connectivity index (χ2v) is 6.51. The first kappa shape index (κ1) is 17.7. The Balaban J connectivity index is 1.75. The minimum absolute atomic E-state index is 0.576. The monoisotopic (exact) mass is 317 g/mol. The van der Waals surface area contributed by atoms with Crippen molar-refractivity contribution in [2.24, 2.45) is 10.9 Å². The topological polar surface area (TPSA) is 52.6 Å². The fraction of sp³-hybridized carbons (Fsp3) is 0.667. The predicted molar refractivity (Wildman–Crippen MR) is 96.7 cm³/mol. The summed E-state index contributed by atoms with van der Waals surface area (Å²) in [5.74, 6) is 1.53. The summed E-state index contributed by atoms with van der Waals surface area (Å²) in [5, 5.41) is 6.87. The Kier molecular flexibility index (Phi) is 7.33. The number of aliphatic imine (C=N–C) groups is 1. The highest BCUT2D eigenvalue weighted by Crippen LogP contribution is 2.16. The molecule has 23 heavy (non-hydrogen) atoms. The van der Waals surface area contributed by atoms with Gasteiger partial charge in [-0.05, 0) is 44.0 Å². The molecule has 0 radical (unpaired) electrons. The van der Waals surface area contributed by atoms with Gasteiger partial charge in [-0.15, -0.1) is 0 Å². The molecule has 1 aliphatic rings. The van der Waals surface area contributed by atoms with Crippen LogP contribution in [0.5, 0.6) is 0 Å². The summed E-state index contributed by atoms with van der Waals surface area (Å²) in [6, 6.07) is 6.60. The van der Waals surface area contributed by atoms with Crippen molar-refractivity contribution in [3.63, 3.8) is 0 Å². The van der Waals surface area contributed by atoms with Crippen molar-refractivity contribution < 1.29 is 0 Å². The Morgan fingerprint density at radius 3 is 2.65 bits per heavy atom. The normalized spacial score (nSPS) is 17.5. The molecule has 2 N–H and O–H groups in total. The highest BCUT2D eigenvalue weighted by Gasteiger charge is 2.24. The zero-order valence-electron chi connectivity index (χ0n) is 14.8. The van der Waals surface area contributed by atoms with Gasteiger partial charge in [-0.2, -0.15) is 0 Å². The second-order valence-electron chi connectivity index (χ2n) is 6.51. The van der Waals surface area contributed by atoms with Gasteiger partial charge in [0.1, 0.15) is 0 Å². The molecule has 0 spiro atoms. The number of rotatable bonds is 7. The Bertz CT molecular complexity index is 466. The lowest BCUT2D eigenvalue weighted by Crippen LogP contribution is -2.48. The fourth-order valence-electron chi connectivity index (χ4n) is 3.14. The smallest absolute Gasteiger partial charge is 0.191 e. The third kappa shape index (κ3) is 5.82. The summed E-state index contributed by atoms with van der Waals surface area (Å²) in [6.07, 6.45) is 5.41. The van der Waals surface area contributed by atoms with E-state index < -0.39 is 0 Å². The van der Waals surface area contributed by atoms with Crippen molar-refractivity contribution in [2.45, 2.75) is 39.2 Å². The maximum absolute atomic E-state index is 4.34.